The van der Waals surface area contributed by atoms with Gasteiger partial charge in [-0.3, -0.25) is 0 Å². The molecule has 2 nitrogen and oxygen atoms in total. The molecule has 8 rings (SSSR count). The second-order valence-electron chi connectivity index (χ2n) is 10.5. The average molecular weight is 460 g/mol. The Morgan fingerprint density at radius 3 is 2.17 bits per heavy atom. The smallest absolute Gasteiger partial charge is 0.252 e. The topological polar surface area (TPSA) is 8.17 Å². The van der Waals surface area contributed by atoms with Crippen LogP contribution in [0.3, 0.4) is 0 Å². The predicted octanol–water partition coefficient (Wildman–Crippen LogP) is 6.32. The molecule has 0 spiro atoms. The van der Waals surface area contributed by atoms with Crippen LogP contribution in [0.15, 0.2) is 97.1 Å². The van der Waals surface area contributed by atoms with E-state index in [1.807, 2.05) is 0 Å². The molecule has 0 saturated heterocycles. The molecule has 2 aliphatic rings. The van der Waals surface area contributed by atoms with Crippen molar-refractivity contribution in [2.45, 2.75) is 20.8 Å². The zero-order valence-electron chi connectivity index (χ0n) is 20.7. The Morgan fingerprint density at radius 1 is 0.556 bits per heavy atom. The molecule has 170 valence electrons. The first-order valence-corrected chi connectivity index (χ1v) is 12.7. The molecule has 5 aromatic carbocycles. The minimum Gasteiger partial charge on any atom is -0.311 e. The number of rotatable bonds is 1. The van der Waals surface area contributed by atoms with Gasteiger partial charge in [0.1, 0.15) is 0 Å². The summed E-state index contributed by atoms with van der Waals surface area (Å²) in [4.78, 5) is 2.48. The summed E-state index contributed by atoms with van der Waals surface area (Å²) in [7, 11) is 0. The van der Waals surface area contributed by atoms with Gasteiger partial charge in [-0.25, -0.2) is 0 Å². The Labute approximate surface area is 211 Å². The van der Waals surface area contributed by atoms with Crippen molar-refractivity contribution in [2.24, 2.45) is 0 Å². The Bertz CT molecular complexity index is 1880. The molecule has 0 radical (unpaired) electrons. The molecule has 0 aliphatic carbocycles. The zero-order valence-corrected chi connectivity index (χ0v) is 20.7. The lowest BCUT2D eigenvalue weighted by atomic mass is 9.33. The lowest BCUT2D eigenvalue weighted by Crippen LogP contribution is -2.60. The highest BCUT2D eigenvalue weighted by Gasteiger charge is 2.41. The SMILES string of the molecule is Cc1ccc(N2c3ccc(C)cc3B3c4c2cc(C)cc4-n2c4ccccc4c4cccc3c42)cc1. The molecule has 0 unspecified atom stereocenters. The van der Waals surface area contributed by atoms with Crippen molar-refractivity contribution >= 4 is 62.0 Å². The number of hydrogen-bond acceptors (Lipinski definition) is 1. The van der Waals surface area contributed by atoms with Gasteiger partial charge in [0.25, 0.3) is 6.71 Å². The summed E-state index contributed by atoms with van der Waals surface area (Å²) in [5, 5.41) is 2.66. The summed E-state index contributed by atoms with van der Waals surface area (Å²) in [6.45, 7) is 6.80. The van der Waals surface area contributed by atoms with Gasteiger partial charge in [-0.2, -0.15) is 0 Å². The van der Waals surface area contributed by atoms with Crippen LogP contribution in [0, 0.1) is 20.8 Å². The number of benzene rings is 5. The first kappa shape index (κ1) is 20.0. The van der Waals surface area contributed by atoms with Crippen molar-refractivity contribution in [3.05, 3.63) is 114 Å². The van der Waals surface area contributed by atoms with Crippen LogP contribution >= 0.6 is 0 Å². The lowest BCUT2D eigenvalue weighted by molar-refractivity contribution is 1.16. The van der Waals surface area contributed by atoms with E-state index in [9.17, 15) is 0 Å². The van der Waals surface area contributed by atoms with Crippen molar-refractivity contribution in [1.82, 2.24) is 4.57 Å². The van der Waals surface area contributed by atoms with Crippen molar-refractivity contribution in [3.8, 4) is 5.69 Å². The number of nitrogens with zero attached hydrogens (tertiary/aromatic N) is 2. The van der Waals surface area contributed by atoms with Gasteiger partial charge < -0.3 is 9.47 Å². The maximum atomic E-state index is 2.52. The molecule has 0 bridgehead atoms. The summed E-state index contributed by atoms with van der Waals surface area (Å²) in [5.41, 5.74) is 15.8. The lowest BCUT2D eigenvalue weighted by Gasteiger charge is -2.40. The number of aromatic nitrogens is 1. The van der Waals surface area contributed by atoms with Crippen molar-refractivity contribution in [1.29, 1.82) is 0 Å². The third kappa shape index (κ3) is 2.47. The molecular weight excluding hydrogens is 435 g/mol. The molecule has 2 aliphatic heterocycles. The van der Waals surface area contributed by atoms with Gasteiger partial charge in [-0.15, -0.1) is 0 Å². The van der Waals surface area contributed by atoms with E-state index in [0.717, 1.165) is 0 Å². The first-order chi connectivity index (χ1) is 17.6. The molecular formula is C33H25BN2. The maximum Gasteiger partial charge on any atom is 0.252 e. The second kappa shape index (κ2) is 6.92. The Balaban J connectivity index is 1.58. The van der Waals surface area contributed by atoms with Crippen LogP contribution in [0.5, 0.6) is 0 Å². The quantitative estimate of drug-likeness (QED) is 0.260. The van der Waals surface area contributed by atoms with Crippen LogP contribution in [0.1, 0.15) is 16.7 Å². The number of para-hydroxylation sites is 2. The van der Waals surface area contributed by atoms with E-state index in [1.165, 1.54) is 77.6 Å². The fourth-order valence-electron chi connectivity index (χ4n) is 6.64. The van der Waals surface area contributed by atoms with Crippen molar-refractivity contribution < 1.29 is 0 Å². The highest BCUT2D eigenvalue weighted by atomic mass is 15.2. The van der Waals surface area contributed by atoms with Gasteiger partial charge in [0.05, 0.1) is 5.52 Å². The molecule has 36 heavy (non-hydrogen) atoms. The van der Waals surface area contributed by atoms with Gasteiger partial charge >= 0.3 is 0 Å². The molecule has 3 heteroatoms. The summed E-state index contributed by atoms with van der Waals surface area (Å²) >= 11 is 0. The minimum atomic E-state index is 0.202. The number of hydrogen-bond donors (Lipinski definition) is 0. The van der Waals surface area contributed by atoms with Crippen LogP contribution in [-0.4, -0.2) is 11.3 Å². The largest absolute Gasteiger partial charge is 0.311 e. The monoisotopic (exact) mass is 460 g/mol. The van der Waals surface area contributed by atoms with Gasteiger partial charge in [0.2, 0.25) is 0 Å². The standard InChI is InChI=1S/C33H25BN2/c1-20-11-14-23(15-12-20)35-29-16-13-21(2)17-27(29)34-26-9-6-8-25-24-7-4-5-10-28(24)36(33(25)26)31-19-22(3)18-30(35)32(31)34/h4-19H,1-3H3. The minimum absolute atomic E-state index is 0.202. The molecule has 6 aromatic rings. The number of fused-ring (bicyclic) bond motifs is 7. The summed E-state index contributed by atoms with van der Waals surface area (Å²) in [5.74, 6) is 0. The molecule has 0 fully saturated rings. The van der Waals surface area contributed by atoms with Crippen molar-refractivity contribution in [3.63, 3.8) is 0 Å². The zero-order chi connectivity index (χ0) is 24.1. The third-order valence-electron chi connectivity index (χ3n) is 8.12. The van der Waals surface area contributed by atoms with E-state index >= 15 is 0 Å². The van der Waals surface area contributed by atoms with E-state index in [4.69, 9.17) is 0 Å². The van der Waals surface area contributed by atoms with Crippen molar-refractivity contribution in [2.75, 3.05) is 4.90 Å². The van der Waals surface area contributed by atoms with Crippen LogP contribution in [0.2, 0.25) is 0 Å². The van der Waals surface area contributed by atoms with E-state index in [1.54, 1.807) is 0 Å². The van der Waals surface area contributed by atoms with Crippen LogP contribution < -0.4 is 21.3 Å². The summed E-state index contributed by atoms with van der Waals surface area (Å²) in [6.07, 6.45) is 0. The van der Waals surface area contributed by atoms with E-state index in [-0.39, 0.29) is 6.71 Å². The molecule has 0 amide bonds. The highest BCUT2D eigenvalue weighted by molar-refractivity contribution is 7.00. The highest BCUT2D eigenvalue weighted by Crippen LogP contribution is 2.41. The molecule has 3 heterocycles. The second-order valence-corrected chi connectivity index (χ2v) is 10.5. The summed E-state index contributed by atoms with van der Waals surface area (Å²) in [6, 6.07) is 36.4. The Kier molecular flexibility index (Phi) is 3.85. The maximum absolute atomic E-state index is 2.52. The van der Waals surface area contributed by atoms with Crippen LogP contribution in [0.25, 0.3) is 27.5 Å². The van der Waals surface area contributed by atoms with Gasteiger partial charge in [0, 0.05) is 39.0 Å². The van der Waals surface area contributed by atoms with Crippen LogP contribution in [0.4, 0.5) is 17.1 Å². The van der Waals surface area contributed by atoms with E-state index < -0.39 is 0 Å². The number of anilines is 3. The van der Waals surface area contributed by atoms with Gasteiger partial charge in [0.15, 0.2) is 0 Å². The van der Waals surface area contributed by atoms with Gasteiger partial charge in [-0.05, 0) is 79.1 Å². The molecule has 1 aromatic heterocycles. The molecule has 0 saturated carbocycles. The summed E-state index contributed by atoms with van der Waals surface area (Å²) < 4.78 is 2.52. The Morgan fingerprint density at radius 2 is 1.31 bits per heavy atom. The Hall–Kier alpha value is -4.24. The number of aryl methyl sites for hydroxylation is 3. The fourth-order valence-corrected chi connectivity index (χ4v) is 6.64. The molecule has 0 atom stereocenters. The normalized spacial score (nSPS) is 13.3. The predicted molar refractivity (Wildman–Crippen MR) is 154 cm³/mol. The van der Waals surface area contributed by atoms with E-state index in [2.05, 4.69) is 127 Å². The first-order valence-electron chi connectivity index (χ1n) is 12.7. The van der Waals surface area contributed by atoms with E-state index in [0.29, 0.717) is 0 Å². The molecule has 0 N–H and O–H groups in total. The average Bonchev–Trinajstić information content (AvgIpc) is 3.23. The van der Waals surface area contributed by atoms with Gasteiger partial charge in [-0.1, -0.05) is 71.8 Å². The fraction of sp³-hybridized carbons (Fsp3) is 0.0909. The van der Waals surface area contributed by atoms with Crippen LogP contribution in [-0.2, 0) is 0 Å². The third-order valence-corrected chi connectivity index (χ3v) is 8.12.